The molecule has 0 bridgehead atoms. The smallest absolute Gasteiger partial charge is 0.277 e. The molecule has 1 heterocycles. The van der Waals surface area contributed by atoms with Crippen LogP contribution < -0.4 is 5.32 Å². The molecule has 1 aliphatic carbocycles. The van der Waals surface area contributed by atoms with E-state index in [-0.39, 0.29) is 15.4 Å². The molecule has 1 fully saturated rings. The minimum atomic E-state index is -0.359. The van der Waals surface area contributed by atoms with Gasteiger partial charge in [-0.2, -0.15) is 11.8 Å². The van der Waals surface area contributed by atoms with Gasteiger partial charge in [-0.15, -0.1) is 0 Å². The van der Waals surface area contributed by atoms with Crippen LogP contribution in [0.2, 0.25) is 0 Å². The van der Waals surface area contributed by atoms with E-state index in [1.54, 1.807) is 13.1 Å². The lowest BCUT2D eigenvalue weighted by Crippen LogP contribution is -2.30. The van der Waals surface area contributed by atoms with Gasteiger partial charge in [-0.25, -0.2) is 4.98 Å². The Labute approximate surface area is 117 Å². The fourth-order valence-electron chi connectivity index (χ4n) is 2.53. The lowest BCUT2D eigenvalue weighted by molar-refractivity contribution is -0.385. The normalized spacial score (nSPS) is 17.4. The molecule has 0 atom stereocenters. The molecular weight excluding hydrogens is 262 g/mol. The number of aromatic nitrogens is 1. The van der Waals surface area contributed by atoms with Crippen LogP contribution in [-0.2, 0) is 0 Å². The van der Waals surface area contributed by atoms with E-state index < -0.39 is 0 Å². The molecule has 0 aliphatic heterocycles. The van der Waals surface area contributed by atoms with Crippen LogP contribution in [0.25, 0.3) is 0 Å². The van der Waals surface area contributed by atoms with Gasteiger partial charge in [0.25, 0.3) is 5.69 Å². The molecule has 1 aliphatic rings. The van der Waals surface area contributed by atoms with E-state index in [1.807, 2.05) is 11.8 Å². The SMILES string of the molecule is CSC1(CNc2cc([N+](=O)[O-])c(C)cn2)CCCC1. The molecule has 104 valence electrons. The summed E-state index contributed by atoms with van der Waals surface area (Å²) in [6.45, 7) is 2.52. The molecule has 5 nitrogen and oxygen atoms in total. The van der Waals surface area contributed by atoms with Crippen LogP contribution in [0.5, 0.6) is 0 Å². The molecule has 0 amide bonds. The van der Waals surface area contributed by atoms with Crippen molar-refractivity contribution in [1.29, 1.82) is 0 Å². The Bertz CT molecular complexity index is 473. The summed E-state index contributed by atoms with van der Waals surface area (Å²) in [5.74, 6) is 0.595. The van der Waals surface area contributed by atoms with Crippen molar-refractivity contribution in [2.24, 2.45) is 0 Å². The molecule has 19 heavy (non-hydrogen) atoms. The van der Waals surface area contributed by atoms with Crippen LogP contribution in [0.4, 0.5) is 11.5 Å². The highest BCUT2D eigenvalue weighted by Crippen LogP contribution is 2.40. The molecular formula is C13H19N3O2S. The summed E-state index contributed by atoms with van der Waals surface area (Å²) in [5.41, 5.74) is 0.720. The van der Waals surface area contributed by atoms with Gasteiger partial charge < -0.3 is 5.32 Å². The summed E-state index contributed by atoms with van der Waals surface area (Å²) in [6.07, 6.45) is 8.64. The van der Waals surface area contributed by atoms with Crippen molar-refractivity contribution in [2.45, 2.75) is 37.4 Å². The van der Waals surface area contributed by atoms with Crippen LogP contribution in [0.3, 0.4) is 0 Å². The molecule has 2 rings (SSSR count). The number of nitro groups is 1. The van der Waals surface area contributed by atoms with Gasteiger partial charge in [-0.3, -0.25) is 10.1 Å². The molecule has 6 heteroatoms. The average Bonchev–Trinajstić information content (AvgIpc) is 2.87. The molecule has 0 aromatic carbocycles. The van der Waals surface area contributed by atoms with Gasteiger partial charge in [-0.1, -0.05) is 12.8 Å². The van der Waals surface area contributed by atoms with Crippen molar-refractivity contribution in [3.63, 3.8) is 0 Å². The van der Waals surface area contributed by atoms with Crippen molar-refractivity contribution >= 4 is 23.3 Å². The minimum Gasteiger partial charge on any atom is -0.368 e. The zero-order valence-corrected chi connectivity index (χ0v) is 12.1. The van der Waals surface area contributed by atoms with Crippen LogP contribution in [-0.4, -0.2) is 27.5 Å². The highest BCUT2D eigenvalue weighted by atomic mass is 32.2. The number of hydrogen-bond acceptors (Lipinski definition) is 5. The summed E-state index contributed by atoms with van der Waals surface area (Å²) in [5, 5.41) is 14.2. The molecule has 1 aromatic rings. The van der Waals surface area contributed by atoms with E-state index in [4.69, 9.17) is 0 Å². The standard InChI is InChI=1S/C13H19N3O2S/c1-10-8-14-12(7-11(10)16(17)18)15-9-13(19-2)5-3-4-6-13/h7-8H,3-6,9H2,1-2H3,(H,14,15). The van der Waals surface area contributed by atoms with Gasteiger partial charge in [0.15, 0.2) is 0 Å². The van der Waals surface area contributed by atoms with Crippen molar-refractivity contribution in [1.82, 2.24) is 4.98 Å². The van der Waals surface area contributed by atoms with Gasteiger partial charge >= 0.3 is 0 Å². The molecule has 0 radical (unpaired) electrons. The summed E-state index contributed by atoms with van der Waals surface area (Å²) in [6, 6.07) is 1.53. The molecule has 1 saturated carbocycles. The van der Waals surface area contributed by atoms with Crippen LogP contribution in [0.1, 0.15) is 31.2 Å². The Balaban J connectivity index is 2.07. The predicted octanol–water partition coefficient (Wildman–Crippen LogP) is 3.39. The first-order valence-corrected chi connectivity index (χ1v) is 7.69. The maximum Gasteiger partial charge on any atom is 0.277 e. The van der Waals surface area contributed by atoms with Gasteiger partial charge in [-0.05, 0) is 26.0 Å². The quantitative estimate of drug-likeness (QED) is 0.662. The third kappa shape index (κ3) is 3.18. The van der Waals surface area contributed by atoms with Crippen molar-refractivity contribution in [3.05, 3.63) is 27.9 Å². The second-order valence-electron chi connectivity index (χ2n) is 5.06. The summed E-state index contributed by atoms with van der Waals surface area (Å²) in [4.78, 5) is 14.8. The zero-order valence-electron chi connectivity index (χ0n) is 11.3. The Morgan fingerprint density at radius 1 is 1.53 bits per heavy atom. The first-order valence-electron chi connectivity index (χ1n) is 6.46. The monoisotopic (exact) mass is 281 g/mol. The van der Waals surface area contributed by atoms with Gasteiger partial charge in [0.2, 0.25) is 0 Å². The topological polar surface area (TPSA) is 68.1 Å². The molecule has 1 N–H and O–H groups in total. The molecule has 0 spiro atoms. The first-order chi connectivity index (χ1) is 9.06. The number of pyridine rings is 1. The Kier molecular flexibility index (Phi) is 4.29. The highest BCUT2D eigenvalue weighted by Gasteiger charge is 2.32. The number of rotatable bonds is 5. The summed E-state index contributed by atoms with van der Waals surface area (Å²) in [7, 11) is 0. The minimum absolute atomic E-state index is 0.127. The van der Waals surface area contributed by atoms with Crippen LogP contribution in [0, 0.1) is 17.0 Å². The Morgan fingerprint density at radius 3 is 2.79 bits per heavy atom. The van der Waals surface area contributed by atoms with Gasteiger partial charge in [0.1, 0.15) is 5.82 Å². The number of anilines is 1. The first kappa shape index (κ1) is 14.1. The number of aryl methyl sites for hydroxylation is 1. The van der Waals surface area contributed by atoms with Crippen molar-refractivity contribution < 1.29 is 4.92 Å². The number of thioether (sulfide) groups is 1. The van der Waals surface area contributed by atoms with Gasteiger partial charge in [0.05, 0.1) is 11.0 Å². The van der Waals surface area contributed by atoms with E-state index in [1.165, 1.54) is 31.7 Å². The van der Waals surface area contributed by atoms with Crippen molar-refractivity contribution in [2.75, 3.05) is 18.1 Å². The molecule has 0 saturated heterocycles. The number of hydrogen-bond donors (Lipinski definition) is 1. The lowest BCUT2D eigenvalue weighted by Gasteiger charge is -2.27. The molecule has 1 aromatic heterocycles. The van der Waals surface area contributed by atoms with Crippen LogP contribution >= 0.6 is 11.8 Å². The second kappa shape index (κ2) is 5.77. The zero-order chi connectivity index (χ0) is 13.9. The predicted molar refractivity (Wildman–Crippen MR) is 78.8 cm³/mol. The van der Waals surface area contributed by atoms with Gasteiger partial charge in [0, 0.05) is 23.1 Å². The van der Waals surface area contributed by atoms with E-state index in [9.17, 15) is 10.1 Å². The second-order valence-corrected chi connectivity index (χ2v) is 6.34. The summed E-state index contributed by atoms with van der Waals surface area (Å²) < 4.78 is 0.265. The van der Waals surface area contributed by atoms with E-state index >= 15 is 0 Å². The Hall–Kier alpha value is -1.30. The maximum absolute atomic E-state index is 10.9. The fourth-order valence-corrected chi connectivity index (χ4v) is 3.44. The maximum atomic E-state index is 10.9. The lowest BCUT2D eigenvalue weighted by atomic mass is 10.1. The fraction of sp³-hybridized carbons (Fsp3) is 0.615. The summed E-state index contributed by atoms with van der Waals surface area (Å²) >= 11 is 1.89. The number of nitrogens with one attached hydrogen (secondary N) is 1. The van der Waals surface area contributed by atoms with Crippen LogP contribution in [0.15, 0.2) is 12.3 Å². The van der Waals surface area contributed by atoms with E-state index in [2.05, 4.69) is 16.6 Å². The molecule has 0 unspecified atom stereocenters. The van der Waals surface area contributed by atoms with E-state index in [0.717, 1.165) is 6.54 Å². The average molecular weight is 281 g/mol. The van der Waals surface area contributed by atoms with E-state index in [0.29, 0.717) is 11.4 Å². The largest absolute Gasteiger partial charge is 0.368 e. The van der Waals surface area contributed by atoms with Crippen molar-refractivity contribution in [3.8, 4) is 0 Å². The number of nitrogens with zero attached hydrogens (tertiary/aromatic N) is 2. The Morgan fingerprint density at radius 2 is 2.21 bits per heavy atom. The highest BCUT2D eigenvalue weighted by molar-refractivity contribution is 8.00. The third-order valence-corrected chi connectivity index (χ3v) is 5.23. The third-order valence-electron chi connectivity index (χ3n) is 3.81.